The molecule has 1 amide bonds. The Bertz CT molecular complexity index is 970. The quantitative estimate of drug-likeness (QED) is 0.913. The third-order valence-corrected chi connectivity index (χ3v) is 6.35. The Morgan fingerprint density at radius 1 is 1.24 bits per heavy atom. The van der Waals surface area contributed by atoms with E-state index in [-0.39, 0.29) is 23.3 Å². The number of halogens is 1. The van der Waals surface area contributed by atoms with Gasteiger partial charge in [0.15, 0.2) is 0 Å². The summed E-state index contributed by atoms with van der Waals surface area (Å²) in [6, 6.07) is 12.3. The molecule has 0 spiro atoms. The first kappa shape index (κ1) is 16.3. The number of amides is 1. The van der Waals surface area contributed by atoms with Crippen LogP contribution in [0.4, 0.5) is 4.39 Å². The van der Waals surface area contributed by atoms with Crippen molar-refractivity contribution in [1.29, 1.82) is 0 Å². The van der Waals surface area contributed by atoms with E-state index in [0.717, 1.165) is 12.0 Å². The molecular weight excluding hydrogens is 341 g/mol. The van der Waals surface area contributed by atoms with Crippen LogP contribution in [-0.4, -0.2) is 14.3 Å². The molecule has 0 saturated heterocycles. The number of sulfonamides is 1. The molecule has 1 saturated carbocycles. The van der Waals surface area contributed by atoms with E-state index in [1.54, 1.807) is 13.0 Å². The second-order valence-corrected chi connectivity index (χ2v) is 8.66. The van der Waals surface area contributed by atoms with Gasteiger partial charge in [0.2, 0.25) is 15.9 Å². The molecule has 0 heterocycles. The van der Waals surface area contributed by atoms with Gasteiger partial charge in [0.1, 0.15) is 5.82 Å². The van der Waals surface area contributed by atoms with E-state index in [0.29, 0.717) is 5.56 Å². The SMILES string of the molecule is Cc1ccc(CS(=O)(=O)NC(=O)C2C3Cc4ccccc4C32)c(F)c1. The van der Waals surface area contributed by atoms with E-state index in [4.69, 9.17) is 0 Å². The monoisotopic (exact) mass is 359 g/mol. The van der Waals surface area contributed by atoms with Gasteiger partial charge in [-0.15, -0.1) is 0 Å². The Balaban J connectivity index is 1.45. The molecule has 2 aliphatic carbocycles. The number of carbonyl (C=O) groups excluding carboxylic acids is 1. The maximum atomic E-state index is 13.9. The van der Waals surface area contributed by atoms with Crippen LogP contribution in [0.3, 0.4) is 0 Å². The average Bonchev–Trinajstić information content (AvgIpc) is 3.13. The summed E-state index contributed by atoms with van der Waals surface area (Å²) in [7, 11) is -3.92. The summed E-state index contributed by atoms with van der Waals surface area (Å²) in [6.07, 6.45) is 0.811. The van der Waals surface area contributed by atoms with Crippen LogP contribution in [0.25, 0.3) is 0 Å². The topological polar surface area (TPSA) is 63.2 Å². The van der Waals surface area contributed by atoms with E-state index in [2.05, 4.69) is 4.72 Å². The fourth-order valence-corrected chi connectivity index (χ4v) is 5.10. The van der Waals surface area contributed by atoms with Gasteiger partial charge in [-0.3, -0.25) is 9.52 Å². The van der Waals surface area contributed by atoms with Crippen molar-refractivity contribution in [2.45, 2.75) is 25.0 Å². The molecule has 0 radical (unpaired) electrons. The van der Waals surface area contributed by atoms with Crippen LogP contribution in [0.5, 0.6) is 0 Å². The number of nitrogens with one attached hydrogen (secondary N) is 1. The fourth-order valence-electron chi connectivity index (χ4n) is 3.94. The van der Waals surface area contributed by atoms with Gasteiger partial charge in [-0.2, -0.15) is 0 Å². The molecule has 3 atom stereocenters. The van der Waals surface area contributed by atoms with Crippen LogP contribution < -0.4 is 4.72 Å². The van der Waals surface area contributed by atoms with E-state index in [9.17, 15) is 17.6 Å². The van der Waals surface area contributed by atoms with Gasteiger partial charge in [-0.25, -0.2) is 12.8 Å². The van der Waals surface area contributed by atoms with Gasteiger partial charge in [0.25, 0.3) is 0 Å². The summed E-state index contributed by atoms with van der Waals surface area (Å²) in [5, 5.41) is 0. The highest BCUT2D eigenvalue weighted by molar-refractivity contribution is 7.89. The van der Waals surface area contributed by atoms with Gasteiger partial charge in [-0.1, -0.05) is 36.4 Å². The molecule has 0 aliphatic heterocycles. The molecule has 0 aromatic heterocycles. The zero-order chi connectivity index (χ0) is 17.8. The average molecular weight is 359 g/mol. The number of carbonyl (C=O) groups is 1. The van der Waals surface area contributed by atoms with Crippen molar-refractivity contribution in [3.05, 3.63) is 70.5 Å². The maximum Gasteiger partial charge on any atom is 0.239 e. The van der Waals surface area contributed by atoms with Crippen LogP contribution in [0, 0.1) is 24.6 Å². The smallest absolute Gasteiger partial charge is 0.239 e. The molecular formula is C19H18FNO3S. The van der Waals surface area contributed by atoms with Crippen molar-refractivity contribution < 1.29 is 17.6 Å². The number of fused-ring (bicyclic) bond motifs is 3. The predicted molar refractivity (Wildman–Crippen MR) is 91.8 cm³/mol. The fraction of sp³-hybridized carbons (Fsp3) is 0.316. The van der Waals surface area contributed by atoms with Gasteiger partial charge < -0.3 is 0 Å². The Morgan fingerprint density at radius 2 is 2.00 bits per heavy atom. The lowest BCUT2D eigenvalue weighted by Gasteiger charge is -2.10. The van der Waals surface area contributed by atoms with Crippen molar-refractivity contribution in [2.75, 3.05) is 0 Å². The molecule has 4 rings (SSSR count). The lowest BCUT2D eigenvalue weighted by Crippen LogP contribution is -2.34. The molecule has 1 fully saturated rings. The lowest BCUT2D eigenvalue weighted by atomic mass is 10.0. The van der Waals surface area contributed by atoms with E-state index in [1.165, 1.54) is 17.7 Å². The third-order valence-electron chi connectivity index (χ3n) is 5.15. The predicted octanol–water partition coefficient (Wildman–Crippen LogP) is 2.67. The van der Waals surface area contributed by atoms with Crippen molar-refractivity contribution in [3.63, 3.8) is 0 Å². The molecule has 2 aromatic rings. The Labute approximate surface area is 146 Å². The summed E-state index contributed by atoms with van der Waals surface area (Å²) in [6.45, 7) is 1.73. The largest absolute Gasteiger partial charge is 0.274 e. The Morgan fingerprint density at radius 3 is 2.76 bits per heavy atom. The molecule has 0 bridgehead atoms. The molecule has 130 valence electrons. The second kappa shape index (κ2) is 5.66. The number of aryl methyl sites for hydroxylation is 1. The first-order valence-corrected chi connectivity index (χ1v) is 9.88. The minimum Gasteiger partial charge on any atom is -0.274 e. The summed E-state index contributed by atoms with van der Waals surface area (Å²) in [5.74, 6) is -1.59. The van der Waals surface area contributed by atoms with Crippen LogP contribution in [0.1, 0.15) is 28.2 Å². The molecule has 2 aromatic carbocycles. The normalized spacial score (nSPS) is 23.7. The molecule has 2 aliphatic rings. The molecule has 1 N–H and O–H groups in total. The third kappa shape index (κ3) is 2.95. The summed E-state index contributed by atoms with van der Waals surface area (Å²) in [4.78, 5) is 12.4. The van der Waals surface area contributed by atoms with Crippen LogP contribution in [0.15, 0.2) is 42.5 Å². The van der Waals surface area contributed by atoms with Gasteiger partial charge in [-0.05, 0) is 47.9 Å². The summed E-state index contributed by atoms with van der Waals surface area (Å²) in [5.41, 5.74) is 3.17. The number of rotatable bonds is 4. The zero-order valence-electron chi connectivity index (χ0n) is 13.7. The van der Waals surface area contributed by atoms with Crippen LogP contribution in [-0.2, 0) is 27.0 Å². The summed E-state index contributed by atoms with van der Waals surface area (Å²) >= 11 is 0. The van der Waals surface area contributed by atoms with E-state index < -0.39 is 27.5 Å². The van der Waals surface area contributed by atoms with Crippen molar-refractivity contribution >= 4 is 15.9 Å². The molecule has 6 heteroatoms. The minimum absolute atomic E-state index is 0.0623. The molecule has 25 heavy (non-hydrogen) atoms. The first-order chi connectivity index (χ1) is 11.9. The van der Waals surface area contributed by atoms with E-state index >= 15 is 0 Å². The highest BCUT2D eigenvalue weighted by Crippen LogP contribution is 2.61. The van der Waals surface area contributed by atoms with Crippen molar-refractivity contribution in [3.8, 4) is 0 Å². The van der Waals surface area contributed by atoms with Crippen molar-refractivity contribution in [2.24, 2.45) is 11.8 Å². The van der Waals surface area contributed by atoms with Crippen LogP contribution >= 0.6 is 0 Å². The van der Waals surface area contributed by atoms with Gasteiger partial charge in [0, 0.05) is 11.5 Å². The van der Waals surface area contributed by atoms with Gasteiger partial charge >= 0.3 is 0 Å². The molecule has 3 unspecified atom stereocenters. The number of hydrogen-bond donors (Lipinski definition) is 1. The first-order valence-electron chi connectivity index (χ1n) is 8.23. The Kier molecular flexibility index (Phi) is 3.68. The van der Waals surface area contributed by atoms with E-state index in [1.807, 2.05) is 24.3 Å². The zero-order valence-corrected chi connectivity index (χ0v) is 14.5. The lowest BCUT2D eigenvalue weighted by molar-refractivity contribution is -0.121. The second-order valence-electron chi connectivity index (χ2n) is 6.94. The maximum absolute atomic E-state index is 13.9. The highest BCUT2D eigenvalue weighted by Gasteiger charge is 2.59. The number of benzene rings is 2. The molecule has 4 nitrogen and oxygen atoms in total. The Hall–Kier alpha value is -2.21. The summed E-state index contributed by atoms with van der Waals surface area (Å²) < 4.78 is 40.5. The standard InChI is InChI=1S/C19H18FNO3S/c1-11-6-7-13(16(20)8-11)10-25(23,24)21-19(22)18-15-9-12-4-2-3-5-14(12)17(15)18/h2-8,15,17-18H,9-10H2,1H3,(H,21,22). The van der Waals surface area contributed by atoms with Gasteiger partial charge in [0.05, 0.1) is 5.75 Å². The van der Waals surface area contributed by atoms with Crippen molar-refractivity contribution in [1.82, 2.24) is 4.72 Å². The number of hydrogen-bond acceptors (Lipinski definition) is 3. The highest BCUT2D eigenvalue weighted by atomic mass is 32.2. The van der Waals surface area contributed by atoms with Crippen LogP contribution in [0.2, 0.25) is 0 Å². The minimum atomic E-state index is -3.92.